The van der Waals surface area contributed by atoms with E-state index < -0.39 is 11.7 Å². The van der Waals surface area contributed by atoms with E-state index in [9.17, 15) is 13.2 Å². The van der Waals surface area contributed by atoms with Crippen LogP contribution in [-0.2, 0) is 22.9 Å². The molecule has 0 atom stereocenters. The van der Waals surface area contributed by atoms with Crippen LogP contribution in [0.15, 0.2) is 66.9 Å². The summed E-state index contributed by atoms with van der Waals surface area (Å²) in [4.78, 5) is 4.15. The zero-order chi connectivity index (χ0) is 22.6. The number of hydrogen-bond donors (Lipinski definition) is 0. The number of halogens is 3. The van der Waals surface area contributed by atoms with Gasteiger partial charge in [-0.05, 0) is 72.4 Å². The summed E-state index contributed by atoms with van der Waals surface area (Å²) in [5.41, 5.74) is 3.09. The zero-order valence-corrected chi connectivity index (χ0v) is 18.3. The minimum Gasteiger partial charge on any atom is -0.376 e. The van der Waals surface area contributed by atoms with Crippen molar-refractivity contribution < 1.29 is 17.9 Å². The Morgan fingerprint density at radius 2 is 1.66 bits per heavy atom. The molecule has 0 aliphatic heterocycles. The maximum Gasteiger partial charge on any atom is 0.416 e. The highest BCUT2D eigenvalue weighted by atomic mass is 19.4. The predicted molar refractivity (Wildman–Crippen MR) is 120 cm³/mol. The lowest BCUT2D eigenvalue weighted by Gasteiger charge is -2.37. The van der Waals surface area contributed by atoms with Gasteiger partial charge in [-0.3, -0.25) is 4.98 Å². The first kappa shape index (κ1) is 22.5. The Morgan fingerprint density at radius 3 is 2.34 bits per heavy atom. The average Bonchev–Trinajstić information content (AvgIpc) is 2.79. The van der Waals surface area contributed by atoms with Crippen molar-refractivity contribution in [3.63, 3.8) is 0 Å². The topological polar surface area (TPSA) is 22.1 Å². The SMILES string of the molecule is Cc1cc(-c2cc(COCC3(c4ccccc4)CCCCC3)cc(C(F)(F)F)c2)ccn1. The summed E-state index contributed by atoms with van der Waals surface area (Å²) in [7, 11) is 0. The van der Waals surface area contributed by atoms with Crippen LogP contribution in [0.5, 0.6) is 0 Å². The lowest BCUT2D eigenvalue weighted by molar-refractivity contribution is -0.137. The van der Waals surface area contributed by atoms with Gasteiger partial charge in [0.2, 0.25) is 0 Å². The molecular formula is C27H28F3NO. The zero-order valence-electron chi connectivity index (χ0n) is 18.3. The Labute approximate surface area is 187 Å². The van der Waals surface area contributed by atoms with Gasteiger partial charge in [0.15, 0.2) is 0 Å². The third-order valence-electron chi connectivity index (χ3n) is 6.39. The maximum atomic E-state index is 13.6. The Bertz CT molecular complexity index is 1040. The summed E-state index contributed by atoms with van der Waals surface area (Å²) in [6.45, 7) is 2.49. The third kappa shape index (κ3) is 5.21. The largest absolute Gasteiger partial charge is 0.416 e. The van der Waals surface area contributed by atoms with Crippen molar-refractivity contribution in [3.8, 4) is 11.1 Å². The van der Waals surface area contributed by atoms with E-state index in [1.165, 1.54) is 24.1 Å². The molecule has 1 saturated carbocycles. The Kier molecular flexibility index (Phi) is 6.66. The minimum absolute atomic E-state index is 0.0633. The highest BCUT2D eigenvalue weighted by molar-refractivity contribution is 5.65. The molecule has 0 unspecified atom stereocenters. The normalized spacial score (nSPS) is 16.1. The van der Waals surface area contributed by atoms with E-state index in [2.05, 4.69) is 17.1 Å². The Morgan fingerprint density at radius 1 is 0.906 bits per heavy atom. The fourth-order valence-corrected chi connectivity index (χ4v) is 4.73. The highest BCUT2D eigenvalue weighted by Crippen LogP contribution is 2.40. The fourth-order valence-electron chi connectivity index (χ4n) is 4.73. The van der Waals surface area contributed by atoms with E-state index in [0.29, 0.717) is 17.7 Å². The predicted octanol–water partition coefficient (Wildman–Crippen LogP) is 7.49. The van der Waals surface area contributed by atoms with Gasteiger partial charge in [-0.25, -0.2) is 0 Å². The number of aromatic nitrogens is 1. The number of benzene rings is 2. The van der Waals surface area contributed by atoms with Gasteiger partial charge < -0.3 is 4.74 Å². The second-order valence-corrected chi connectivity index (χ2v) is 8.80. The highest BCUT2D eigenvalue weighted by Gasteiger charge is 2.34. The summed E-state index contributed by atoms with van der Waals surface area (Å²) in [6.07, 6.45) is 2.80. The van der Waals surface area contributed by atoms with Gasteiger partial charge in [0.25, 0.3) is 0 Å². The average molecular weight is 440 g/mol. The Hall–Kier alpha value is -2.66. The molecule has 2 aromatic carbocycles. The van der Waals surface area contributed by atoms with E-state index in [4.69, 9.17) is 4.74 Å². The van der Waals surface area contributed by atoms with E-state index in [1.54, 1.807) is 24.4 Å². The van der Waals surface area contributed by atoms with Crippen molar-refractivity contribution in [2.24, 2.45) is 0 Å². The fraction of sp³-hybridized carbons (Fsp3) is 0.370. The van der Waals surface area contributed by atoms with E-state index in [0.717, 1.165) is 36.9 Å². The minimum atomic E-state index is -4.42. The van der Waals surface area contributed by atoms with Gasteiger partial charge >= 0.3 is 6.18 Å². The van der Waals surface area contributed by atoms with Crippen LogP contribution in [0.25, 0.3) is 11.1 Å². The molecule has 4 rings (SSSR count). The molecular weight excluding hydrogens is 411 g/mol. The monoisotopic (exact) mass is 439 g/mol. The van der Waals surface area contributed by atoms with Crippen LogP contribution in [0.2, 0.25) is 0 Å². The molecule has 168 valence electrons. The number of nitrogens with zero attached hydrogens (tertiary/aromatic N) is 1. The van der Waals surface area contributed by atoms with Crippen molar-refractivity contribution in [2.45, 2.75) is 57.2 Å². The molecule has 1 heterocycles. The number of hydrogen-bond acceptors (Lipinski definition) is 2. The summed E-state index contributed by atoms with van der Waals surface area (Å²) in [5.74, 6) is 0. The molecule has 3 aromatic rings. The van der Waals surface area contributed by atoms with Crippen molar-refractivity contribution in [1.29, 1.82) is 0 Å². The van der Waals surface area contributed by atoms with E-state index >= 15 is 0 Å². The standard InChI is InChI=1S/C27H28F3NO/c1-20-14-22(10-13-31-20)23-15-21(16-25(17-23)27(28,29)30)18-32-19-26(11-6-3-7-12-26)24-8-4-2-5-9-24/h2,4-5,8-10,13-17H,3,6-7,11-12,18-19H2,1H3. The summed E-state index contributed by atoms with van der Waals surface area (Å²) >= 11 is 0. The molecule has 1 aromatic heterocycles. The number of pyridine rings is 1. The molecule has 0 spiro atoms. The van der Waals surface area contributed by atoms with Gasteiger partial charge in [-0.2, -0.15) is 13.2 Å². The molecule has 1 aliphatic rings. The molecule has 5 heteroatoms. The van der Waals surface area contributed by atoms with Crippen molar-refractivity contribution in [1.82, 2.24) is 4.98 Å². The molecule has 0 radical (unpaired) electrons. The smallest absolute Gasteiger partial charge is 0.376 e. The number of alkyl halides is 3. The summed E-state index contributed by atoms with van der Waals surface area (Å²) in [6, 6.07) is 18.1. The first-order chi connectivity index (χ1) is 15.4. The quantitative estimate of drug-likeness (QED) is 0.397. The van der Waals surface area contributed by atoms with Gasteiger partial charge in [0.1, 0.15) is 0 Å². The van der Waals surface area contributed by atoms with Crippen LogP contribution in [-0.4, -0.2) is 11.6 Å². The lowest BCUT2D eigenvalue weighted by Crippen LogP contribution is -2.34. The van der Waals surface area contributed by atoms with Crippen molar-refractivity contribution >= 4 is 0 Å². The molecule has 1 aliphatic carbocycles. The third-order valence-corrected chi connectivity index (χ3v) is 6.39. The summed E-state index contributed by atoms with van der Waals surface area (Å²) in [5, 5.41) is 0. The number of ether oxygens (including phenoxy) is 1. The summed E-state index contributed by atoms with van der Waals surface area (Å²) < 4.78 is 46.9. The Balaban J connectivity index is 1.57. The molecule has 2 nitrogen and oxygen atoms in total. The van der Waals surface area contributed by atoms with Crippen molar-refractivity contribution in [3.05, 3.63) is 89.2 Å². The lowest BCUT2D eigenvalue weighted by atomic mass is 9.70. The second-order valence-electron chi connectivity index (χ2n) is 8.80. The van der Waals surface area contributed by atoms with E-state index in [1.807, 2.05) is 25.1 Å². The van der Waals surface area contributed by atoms with E-state index in [-0.39, 0.29) is 12.0 Å². The molecule has 0 amide bonds. The molecule has 32 heavy (non-hydrogen) atoms. The van der Waals surface area contributed by atoms with Crippen LogP contribution < -0.4 is 0 Å². The second kappa shape index (κ2) is 9.45. The maximum absolute atomic E-state index is 13.6. The van der Waals surface area contributed by atoms with Crippen LogP contribution in [0.3, 0.4) is 0 Å². The van der Waals surface area contributed by atoms with Gasteiger partial charge in [0, 0.05) is 17.3 Å². The number of rotatable bonds is 6. The van der Waals surface area contributed by atoms with Crippen molar-refractivity contribution in [2.75, 3.05) is 6.61 Å². The first-order valence-electron chi connectivity index (χ1n) is 11.1. The van der Waals surface area contributed by atoms with Crippen LogP contribution in [0.1, 0.15) is 54.5 Å². The molecule has 1 fully saturated rings. The molecule has 0 bridgehead atoms. The van der Waals surface area contributed by atoms with Gasteiger partial charge in [-0.15, -0.1) is 0 Å². The first-order valence-corrected chi connectivity index (χ1v) is 11.1. The molecule has 0 saturated heterocycles. The van der Waals surface area contributed by atoms with Gasteiger partial charge in [0.05, 0.1) is 18.8 Å². The van der Waals surface area contributed by atoms with Crippen LogP contribution in [0.4, 0.5) is 13.2 Å². The van der Waals surface area contributed by atoms with Crippen LogP contribution >= 0.6 is 0 Å². The van der Waals surface area contributed by atoms with Crippen LogP contribution in [0, 0.1) is 6.92 Å². The molecule has 0 N–H and O–H groups in total. The number of aryl methyl sites for hydroxylation is 1. The van der Waals surface area contributed by atoms with Gasteiger partial charge in [-0.1, -0.05) is 49.6 Å².